The van der Waals surface area contributed by atoms with Crippen molar-refractivity contribution in [3.63, 3.8) is 0 Å². The normalized spacial score (nSPS) is 10.1. The third kappa shape index (κ3) is 1.36. The molecule has 1 aromatic heterocycles. The van der Waals surface area contributed by atoms with Crippen LogP contribution < -0.4 is 0 Å². The number of rotatable bonds is 1. The van der Waals surface area contributed by atoms with E-state index in [-0.39, 0.29) is 5.82 Å². The third-order valence-corrected chi connectivity index (χ3v) is 2.05. The van der Waals surface area contributed by atoms with Gasteiger partial charge in [-0.25, -0.2) is 9.37 Å². The Balaban J connectivity index is 2.48. The topological polar surface area (TPSA) is 12.9 Å². The first-order chi connectivity index (χ1) is 5.86. The van der Waals surface area contributed by atoms with Crippen LogP contribution in [0.15, 0.2) is 29.6 Å². The Morgan fingerprint density at radius 3 is 3.00 bits per heavy atom. The summed E-state index contributed by atoms with van der Waals surface area (Å²) in [6.07, 6.45) is 0. The molecule has 0 spiro atoms. The average molecular weight is 178 g/mol. The highest BCUT2D eigenvalue weighted by Gasteiger charge is 1.99. The SMILES string of the molecule is Fc1cccc(-c2cs[c]n2)c1. The summed E-state index contributed by atoms with van der Waals surface area (Å²) in [6, 6.07) is 6.37. The lowest BCUT2D eigenvalue weighted by molar-refractivity contribution is 0.628. The Hall–Kier alpha value is -1.22. The molecule has 0 bridgehead atoms. The molecule has 2 rings (SSSR count). The Kier molecular flexibility index (Phi) is 1.87. The average Bonchev–Trinajstić information content (AvgIpc) is 2.56. The van der Waals surface area contributed by atoms with E-state index in [2.05, 4.69) is 10.5 Å². The van der Waals surface area contributed by atoms with Crippen LogP contribution in [0.2, 0.25) is 0 Å². The molecule has 0 saturated heterocycles. The van der Waals surface area contributed by atoms with Gasteiger partial charge in [-0.05, 0) is 12.1 Å². The first-order valence-corrected chi connectivity index (χ1v) is 4.32. The maximum Gasteiger partial charge on any atom is 0.152 e. The highest BCUT2D eigenvalue weighted by molar-refractivity contribution is 7.07. The molecule has 1 aromatic carbocycles. The van der Waals surface area contributed by atoms with Crippen LogP contribution in [-0.2, 0) is 0 Å². The second kappa shape index (κ2) is 3.03. The molecule has 1 nitrogen and oxygen atoms in total. The van der Waals surface area contributed by atoms with Crippen molar-refractivity contribution in [3.8, 4) is 11.3 Å². The Labute approximate surface area is 73.5 Å². The van der Waals surface area contributed by atoms with Crippen LogP contribution in [0.25, 0.3) is 11.3 Å². The van der Waals surface area contributed by atoms with E-state index < -0.39 is 0 Å². The van der Waals surface area contributed by atoms with Gasteiger partial charge >= 0.3 is 0 Å². The van der Waals surface area contributed by atoms with Crippen molar-refractivity contribution < 1.29 is 4.39 Å². The molecule has 1 heterocycles. The van der Waals surface area contributed by atoms with Crippen molar-refractivity contribution in [1.82, 2.24) is 4.98 Å². The predicted octanol–water partition coefficient (Wildman–Crippen LogP) is 2.75. The van der Waals surface area contributed by atoms with Gasteiger partial charge in [-0.1, -0.05) is 12.1 Å². The number of nitrogens with zero attached hydrogens (tertiary/aromatic N) is 1. The molecule has 59 valence electrons. The summed E-state index contributed by atoms with van der Waals surface area (Å²) in [6.45, 7) is 0. The summed E-state index contributed by atoms with van der Waals surface area (Å²) < 4.78 is 12.7. The van der Waals surface area contributed by atoms with Gasteiger partial charge in [-0.3, -0.25) is 0 Å². The van der Waals surface area contributed by atoms with E-state index in [0.717, 1.165) is 11.3 Å². The fourth-order valence-electron chi connectivity index (χ4n) is 0.964. The molecule has 0 fully saturated rings. The lowest BCUT2D eigenvalue weighted by atomic mass is 10.2. The number of halogens is 1. The molecule has 0 atom stereocenters. The largest absolute Gasteiger partial charge is 0.233 e. The van der Waals surface area contributed by atoms with E-state index in [1.165, 1.54) is 23.5 Å². The molecular formula is C9H5FNS. The van der Waals surface area contributed by atoms with Crippen molar-refractivity contribution in [2.75, 3.05) is 0 Å². The predicted molar refractivity (Wildman–Crippen MR) is 46.3 cm³/mol. The zero-order valence-electron chi connectivity index (χ0n) is 6.12. The minimum absolute atomic E-state index is 0.236. The number of hydrogen-bond donors (Lipinski definition) is 0. The van der Waals surface area contributed by atoms with E-state index in [9.17, 15) is 4.39 Å². The molecule has 2 aromatic rings. The molecule has 0 N–H and O–H groups in total. The van der Waals surface area contributed by atoms with Crippen molar-refractivity contribution in [3.05, 3.63) is 41.0 Å². The highest BCUT2D eigenvalue weighted by Crippen LogP contribution is 2.18. The molecule has 0 aliphatic rings. The first-order valence-electron chi connectivity index (χ1n) is 3.44. The molecule has 1 radical (unpaired) electrons. The van der Waals surface area contributed by atoms with Crippen LogP contribution >= 0.6 is 11.3 Å². The van der Waals surface area contributed by atoms with E-state index in [4.69, 9.17) is 0 Å². The number of benzene rings is 1. The lowest BCUT2D eigenvalue weighted by Crippen LogP contribution is -1.78. The van der Waals surface area contributed by atoms with Gasteiger partial charge in [0, 0.05) is 10.9 Å². The molecule has 0 amide bonds. The van der Waals surface area contributed by atoms with Crippen molar-refractivity contribution in [2.45, 2.75) is 0 Å². The van der Waals surface area contributed by atoms with Crippen LogP contribution in [0.3, 0.4) is 0 Å². The minimum atomic E-state index is -0.236. The number of thiazole rings is 1. The molecule has 0 unspecified atom stereocenters. The van der Waals surface area contributed by atoms with Gasteiger partial charge in [0.25, 0.3) is 0 Å². The first kappa shape index (κ1) is 7.43. The molecule has 0 aliphatic heterocycles. The van der Waals surface area contributed by atoms with E-state index in [0.29, 0.717) is 0 Å². The lowest BCUT2D eigenvalue weighted by Gasteiger charge is -1.94. The quantitative estimate of drug-likeness (QED) is 0.654. The maximum absolute atomic E-state index is 12.7. The summed E-state index contributed by atoms with van der Waals surface area (Å²) in [5, 5.41) is 1.84. The monoisotopic (exact) mass is 178 g/mol. The van der Waals surface area contributed by atoms with Crippen molar-refractivity contribution in [1.29, 1.82) is 0 Å². The van der Waals surface area contributed by atoms with Gasteiger partial charge in [0.2, 0.25) is 0 Å². The number of hydrogen-bond acceptors (Lipinski definition) is 2. The summed E-state index contributed by atoms with van der Waals surface area (Å²) in [4.78, 5) is 3.95. The third-order valence-electron chi connectivity index (χ3n) is 1.51. The van der Waals surface area contributed by atoms with E-state index >= 15 is 0 Å². The van der Waals surface area contributed by atoms with Crippen LogP contribution in [0.1, 0.15) is 0 Å². The Morgan fingerprint density at radius 1 is 1.42 bits per heavy atom. The maximum atomic E-state index is 12.7. The zero-order valence-corrected chi connectivity index (χ0v) is 6.94. The zero-order chi connectivity index (χ0) is 8.39. The Bertz CT molecular complexity index is 370. The number of aromatic nitrogens is 1. The molecule has 12 heavy (non-hydrogen) atoms. The van der Waals surface area contributed by atoms with Crippen LogP contribution in [0, 0.1) is 11.3 Å². The van der Waals surface area contributed by atoms with Gasteiger partial charge < -0.3 is 0 Å². The van der Waals surface area contributed by atoms with Gasteiger partial charge in [0.05, 0.1) is 5.69 Å². The van der Waals surface area contributed by atoms with Gasteiger partial charge in [0.1, 0.15) is 5.82 Å². The van der Waals surface area contributed by atoms with Crippen LogP contribution in [-0.4, -0.2) is 4.98 Å². The standard InChI is InChI=1S/C9H5FNS/c10-8-3-1-2-7(4-8)9-5-12-6-11-9/h1-5H. The van der Waals surface area contributed by atoms with Crippen molar-refractivity contribution >= 4 is 11.3 Å². The van der Waals surface area contributed by atoms with Gasteiger partial charge in [-0.2, -0.15) is 0 Å². The molecule has 0 saturated carbocycles. The second-order valence-electron chi connectivity index (χ2n) is 2.33. The highest BCUT2D eigenvalue weighted by atomic mass is 32.1. The van der Waals surface area contributed by atoms with E-state index in [1.807, 2.05) is 11.4 Å². The molecule has 3 heteroatoms. The molecule has 0 aliphatic carbocycles. The van der Waals surface area contributed by atoms with E-state index in [1.54, 1.807) is 6.07 Å². The second-order valence-corrected chi connectivity index (χ2v) is 2.99. The van der Waals surface area contributed by atoms with Crippen LogP contribution in [0.4, 0.5) is 4.39 Å². The molecular weight excluding hydrogens is 173 g/mol. The van der Waals surface area contributed by atoms with Crippen molar-refractivity contribution in [2.24, 2.45) is 0 Å². The summed E-state index contributed by atoms with van der Waals surface area (Å²) in [5.74, 6) is -0.236. The Morgan fingerprint density at radius 2 is 2.33 bits per heavy atom. The van der Waals surface area contributed by atoms with Crippen LogP contribution in [0.5, 0.6) is 0 Å². The summed E-state index contributed by atoms with van der Waals surface area (Å²) in [5.41, 5.74) is 4.29. The van der Waals surface area contributed by atoms with Gasteiger partial charge in [0.15, 0.2) is 5.51 Å². The van der Waals surface area contributed by atoms with Gasteiger partial charge in [-0.15, -0.1) is 11.3 Å². The fourth-order valence-corrected chi connectivity index (χ4v) is 1.47. The smallest absolute Gasteiger partial charge is 0.152 e. The minimum Gasteiger partial charge on any atom is -0.233 e. The fraction of sp³-hybridized carbons (Fsp3) is 0. The summed E-state index contributed by atoms with van der Waals surface area (Å²) in [7, 11) is 0. The summed E-state index contributed by atoms with van der Waals surface area (Å²) >= 11 is 1.38.